The molecule has 2 aliphatic rings. The zero-order chi connectivity index (χ0) is 18.0. The number of ether oxygens (including phenoxy) is 1. The predicted molar refractivity (Wildman–Crippen MR) is 96.3 cm³/mol. The second kappa shape index (κ2) is 7.24. The fraction of sp³-hybridized carbons (Fsp3) is 0.579. The first-order chi connectivity index (χ1) is 11.9. The van der Waals surface area contributed by atoms with Crippen LogP contribution in [0.2, 0.25) is 5.02 Å². The quantitative estimate of drug-likeness (QED) is 0.821. The van der Waals surface area contributed by atoms with Gasteiger partial charge in [0.05, 0.1) is 6.10 Å². The first kappa shape index (κ1) is 18.1. The third-order valence-corrected chi connectivity index (χ3v) is 5.36. The average Bonchev–Trinajstić information content (AvgIpc) is 2.85. The molecule has 0 bridgehead atoms. The van der Waals surface area contributed by atoms with Crippen LogP contribution in [0.15, 0.2) is 24.3 Å². The van der Waals surface area contributed by atoms with Crippen molar-refractivity contribution in [1.29, 1.82) is 0 Å². The minimum Gasteiger partial charge on any atom is -0.447 e. The summed E-state index contributed by atoms with van der Waals surface area (Å²) in [7, 11) is 0. The van der Waals surface area contributed by atoms with E-state index in [1.54, 1.807) is 4.90 Å². The number of carbonyl (C=O) groups is 2. The Morgan fingerprint density at radius 2 is 1.88 bits per heavy atom. The Balaban J connectivity index is 1.57. The largest absolute Gasteiger partial charge is 0.447 e. The van der Waals surface area contributed by atoms with Crippen LogP contribution in [0.4, 0.5) is 4.79 Å². The highest BCUT2D eigenvalue weighted by atomic mass is 35.5. The monoisotopic (exact) mass is 364 g/mol. The van der Waals surface area contributed by atoms with Crippen LogP contribution < -0.4 is 0 Å². The van der Waals surface area contributed by atoms with Gasteiger partial charge in [-0.3, -0.25) is 4.79 Å². The van der Waals surface area contributed by atoms with Crippen molar-refractivity contribution in [3.05, 3.63) is 34.9 Å². The predicted octanol–water partition coefficient (Wildman–Crippen LogP) is 3.70. The van der Waals surface area contributed by atoms with Crippen molar-refractivity contribution in [2.75, 3.05) is 19.6 Å². The number of piperidine rings is 1. The van der Waals surface area contributed by atoms with Crippen molar-refractivity contribution in [2.24, 2.45) is 5.41 Å². The van der Waals surface area contributed by atoms with Gasteiger partial charge < -0.3 is 14.5 Å². The standard InChI is InChI=1S/C19H25ClN2O3/c1-14(2)25-18(24)21-9-7-19(8-10-21)11-17(23)22(13-19)12-15-3-5-16(20)6-4-15/h3-6,14H,7-13H2,1-2H3. The fourth-order valence-corrected chi connectivity index (χ4v) is 3.84. The van der Waals surface area contributed by atoms with Crippen LogP contribution in [0.25, 0.3) is 0 Å². The Morgan fingerprint density at radius 3 is 2.48 bits per heavy atom. The minimum absolute atomic E-state index is 0.00187. The van der Waals surface area contributed by atoms with E-state index in [-0.39, 0.29) is 23.5 Å². The molecule has 0 unspecified atom stereocenters. The molecule has 136 valence electrons. The zero-order valence-corrected chi connectivity index (χ0v) is 15.6. The molecule has 2 aliphatic heterocycles. The van der Waals surface area contributed by atoms with Crippen molar-refractivity contribution in [2.45, 2.75) is 45.8 Å². The number of carbonyl (C=O) groups excluding carboxylic acids is 2. The second-order valence-electron chi connectivity index (χ2n) is 7.47. The van der Waals surface area contributed by atoms with E-state index in [4.69, 9.17) is 16.3 Å². The highest BCUT2D eigenvalue weighted by molar-refractivity contribution is 6.30. The van der Waals surface area contributed by atoms with Gasteiger partial charge in [0.1, 0.15) is 0 Å². The van der Waals surface area contributed by atoms with Gasteiger partial charge >= 0.3 is 6.09 Å². The number of rotatable bonds is 3. The molecule has 0 saturated carbocycles. The average molecular weight is 365 g/mol. The molecule has 1 spiro atoms. The molecule has 0 radical (unpaired) electrons. The van der Waals surface area contributed by atoms with Crippen LogP contribution in [-0.2, 0) is 16.1 Å². The van der Waals surface area contributed by atoms with Crippen LogP contribution >= 0.6 is 11.6 Å². The summed E-state index contributed by atoms with van der Waals surface area (Å²) in [6.45, 7) is 6.42. The van der Waals surface area contributed by atoms with Gasteiger partial charge in [-0.2, -0.15) is 0 Å². The van der Waals surface area contributed by atoms with Gasteiger partial charge in [0.2, 0.25) is 5.91 Å². The summed E-state index contributed by atoms with van der Waals surface area (Å²) < 4.78 is 5.27. The highest BCUT2D eigenvalue weighted by Gasteiger charge is 2.45. The van der Waals surface area contributed by atoms with Gasteiger partial charge in [-0.15, -0.1) is 0 Å². The molecule has 1 aromatic carbocycles. The van der Waals surface area contributed by atoms with Crippen LogP contribution in [0.5, 0.6) is 0 Å². The number of hydrogen-bond donors (Lipinski definition) is 0. The molecule has 2 amide bonds. The number of benzene rings is 1. The molecule has 5 nitrogen and oxygen atoms in total. The van der Waals surface area contributed by atoms with Crippen molar-refractivity contribution in [3.8, 4) is 0 Å². The van der Waals surface area contributed by atoms with Crippen LogP contribution in [-0.4, -0.2) is 47.5 Å². The van der Waals surface area contributed by atoms with E-state index in [2.05, 4.69) is 0 Å². The molecule has 2 heterocycles. The maximum absolute atomic E-state index is 12.5. The normalized spacial score (nSPS) is 19.8. The smallest absolute Gasteiger partial charge is 0.410 e. The van der Waals surface area contributed by atoms with E-state index < -0.39 is 0 Å². The number of halogens is 1. The molecule has 1 aromatic rings. The van der Waals surface area contributed by atoms with E-state index in [0.29, 0.717) is 31.1 Å². The molecule has 2 saturated heterocycles. The summed E-state index contributed by atoms with van der Waals surface area (Å²) in [5.41, 5.74) is 1.09. The van der Waals surface area contributed by atoms with E-state index >= 15 is 0 Å². The number of nitrogens with zero attached hydrogens (tertiary/aromatic N) is 2. The van der Waals surface area contributed by atoms with E-state index in [1.807, 2.05) is 43.0 Å². The Morgan fingerprint density at radius 1 is 1.24 bits per heavy atom. The lowest BCUT2D eigenvalue weighted by Gasteiger charge is -2.38. The lowest BCUT2D eigenvalue weighted by Crippen LogP contribution is -2.44. The Bertz CT molecular complexity index is 637. The number of hydrogen-bond acceptors (Lipinski definition) is 3. The highest BCUT2D eigenvalue weighted by Crippen LogP contribution is 2.41. The lowest BCUT2D eigenvalue weighted by atomic mass is 9.78. The summed E-state index contributed by atoms with van der Waals surface area (Å²) in [4.78, 5) is 28.2. The summed E-state index contributed by atoms with van der Waals surface area (Å²) in [5.74, 6) is 0.202. The van der Waals surface area contributed by atoms with Gasteiger partial charge in [0, 0.05) is 43.0 Å². The molecule has 0 aromatic heterocycles. The maximum atomic E-state index is 12.5. The molecule has 0 aliphatic carbocycles. The Labute approximate surface area is 153 Å². The Kier molecular flexibility index (Phi) is 5.23. The van der Waals surface area contributed by atoms with Gasteiger partial charge in [-0.05, 0) is 44.4 Å². The summed E-state index contributed by atoms with van der Waals surface area (Å²) in [6.07, 6.45) is 1.93. The van der Waals surface area contributed by atoms with Gasteiger partial charge in [-0.1, -0.05) is 23.7 Å². The minimum atomic E-state index is -0.243. The maximum Gasteiger partial charge on any atom is 0.410 e. The van der Waals surface area contributed by atoms with Crippen LogP contribution in [0.1, 0.15) is 38.7 Å². The van der Waals surface area contributed by atoms with Crippen LogP contribution in [0.3, 0.4) is 0 Å². The molecular weight excluding hydrogens is 340 g/mol. The molecule has 0 N–H and O–H groups in total. The molecular formula is C19H25ClN2O3. The fourth-order valence-electron chi connectivity index (χ4n) is 3.71. The molecule has 25 heavy (non-hydrogen) atoms. The molecule has 6 heteroatoms. The number of likely N-dealkylation sites (tertiary alicyclic amines) is 2. The third kappa shape index (κ3) is 4.27. The summed E-state index contributed by atoms with van der Waals surface area (Å²) in [5, 5.41) is 0.702. The SMILES string of the molecule is CC(C)OC(=O)N1CCC2(CC1)CC(=O)N(Cc1ccc(Cl)cc1)C2. The van der Waals surface area contributed by atoms with Gasteiger partial charge in [0.15, 0.2) is 0 Å². The van der Waals surface area contributed by atoms with Crippen LogP contribution in [0, 0.1) is 5.41 Å². The van der Waals surface area contributed by atoms with Crippen molar-refractivity contribution < 1.29 is 14.3 Å². The van der Waals surface area contributed by atoms with E-state index in [1.165, 1.54) is 0 Å². The zero-order valence-electron chi connectivity index (χ0n) is 14.8. The van der Waals surface area contributed by atoms with Gasteiger partial charge in [-0.25, -0.2) is 4.79 Å². The topological polar surface area (TPSA) is 49.9 Å². The van der Waals surface area contributed by atoms with Gasteiger partial charge in [0.25, 0.3) is 0 Å². The van der Waals surface area contributed by atoms with Crippen molar-refractivity contribution in [1.82, 2.24) is 9.80 Å². The first-order valence-corrected chi connectivity index (χ1v) is 9.22. The van der Waals surface area contributed by atoms with E-state index in [0.717, 1.165) is 24.9 Å². The van der Waals surface area contributed by atoms with Crippen molar-refractivity contribution >= 4 is 23.6 Å². The van der Waals surface area contributed by atoms with E-state index in [9.17, 15) is 9.59 Å². The molecule has 2 fully saturated rings. The lowest BCUT2D eigenvalue weighted by molar-refractivity contribution is -0.128. The number of amides is 2. The first-order valence-electron chi connectivity index (χ1n) is 8.85. The second-order valence-corrected chi connectivity index (χ2v) is 7.91. The summed E-state index contributed by atoms with van der Waals surface area (Å²) >= 11 is 5.92. The Hall–Kier alpha value is -1.75. The van der Waals surface area contributed by atoms with Crippen molar-refractivity contribution in [3.63, 3.8) is 0 Å². The molecule has 0 atom stereocenters. The summed E-state index contributed by atoms with van der Waals surface area (Å²) in [6, 6.07) is 7.63. The third-order valence-electron chi connectivity index (χ3n) is 5.11. The molecule has 3 rings (SSSR count).